The number of nitrogens with one attached hydrogen (secondary N) is 1. The molecule has 0 aliphatic rings. The predicted octanol–water partition coefficient (Wildman–Crippen LogP) is 0.801. The molecule has 5 nitrogen and oxygen atoms in total. The number of carbonyl (C=O) groups excluding carboxylic acids is 1. The standard InChI is InChI=1S/C14H31N3O2/c1-7-9-17(11-10-16(4)5)12-14(3,15-8-2)13(18)19-6/h15H,7-12H2,1-6H3. The minimum atomic E-state index is -0.634. The summed E-state index contributed by atoms with van der Waals surface area (Å²) in [6, 6.07) is 0. The van der Waals surface area contributed by atoms with Gasteiger partial charge in [-0.1, -0.05) is 13.8 Å². The molecule has 0 saturated carbocycles. The van der Waals surface area contributed by atoms with Crippen molar-refractivity contribution in [1.82, 2.24) is 15.1 Å². The van der Waals surface area contributed by atoms with Crippen molar-refractivity contribution in [3.05, 3.63) is 0 Å². The second-order valence-corrected chi connectivity index (χ2v) is 5.43. The molecule has 0 aliphatic carbocycles. The van der Waals surface area contributed by atoms with E-state index in [2.05, 4.69) is 36.1 Å². The molecule has 0 spiro atoms. The van der Waals surface area contributed by atoms with Gasteiger partial charge in [-0.15, -0.1) is 0 Å². The van der Waals surface area contributed by atoms with Crippen molar-refractivity contribution >= 4 is 5.97 Å². The van der Waals surface area contributed by atoms with Crippen molar-refractivity contribution in [3.8, 4) is 0 Å². The Bertz CT molecular complexity index is 259. The number of ether oxygens (including phenoxy) is 1. The highest BCUT2D eigenvalue weighted by Crippen LogP contribution is 2.10. The highest BCUT2D eigenvalue weighted by atomic mass is 16.5. The summed E-state index contributed by atoms with van der Waals surface area (Å²) < 4.78 is 4.93. The summed E-state index contributed by atoms with van der Waals surface area (Å²) in [4.78, 5) is 16.5. The first-order chi connectivity index (χ1) is 8.89. The van der Waals surface area contributed by atoms with Crippen molar-refractivity contribution < 1.29 is 9.53 Å². The van der Waals surface area contributed by atoms with Crippen LogP contribution in [0.2, 0.25) is 0 Å². The average molecular weight is 273 g/mol. The number of likely N-dealkylation sites (N-methyl/N-ethyl adjacent to an activating group) is 2. The molecule has 1 atom stereocenters. The second kappa shape index (κ2) is 9.28. The van der Waals surface area contributed by atoms with Gasteiger partial charge in [-0.05, 0) is 40.5 Å². The van der Waals surface area contributed by atoms with Crippen molar-refractivity contribution in [2.75, 3.05) is 53.9 Å². The maximum Gasteiger partial charge on any atom is 0.327 e. The summed E-state index contributed by atoms with van der Waals surface area (Å²) in [6.07, 6.45) is 1.08. The van der Waals surface area contributed by atoms with Crippen LogP contribution in [0.3, 0.4) is 0 Å². The van der Waals surface area contributed by atoms with Gasteiger partial charge in [0.1, 0.15) is 5.54 Å². The summed E-state index contributed by atoms with van der Waals surface area (Å²) in [5.41, 5.74) is -0.634. The number of hydrogen-bond donors (Lipinski definition) is 1. The fourth-order valence-electron chi connectivity index (χ4n) is 2.18. The Morgan fingerprint density at radius 1 is 1.21 bits per heavy atom. The number of nitrogens with zero attached hydrogens (tertiary/aromatic N) is 2. The van der Waals surface area contributed by atoms with Gasteiger partial charge in [-0.3, -0.25) is 9.69 Å². The molecule has 0 aliphatic heterocycles. The monoisotopic (exact) mass is 273 g/mol. The van der Waals surface area contributed by atoms with Gasteiger partial charge in [0.25, 0.3) is 0 Å². The SMILES string of the molecule is CCCN(CCN(C)C)CC(C)(NCC)C(=O)OC. The summed E-state index contributed by atoms with van der Waals surface area (Å²) in [7, 11) is 5.57. The van der Waals surface area contributed by atoms with Gasteiger partial charge in [-0.2, -0.15) is 0 Å². The molecule has 0 aromatic heterocycles. The number of methoxy groups -OCH3 is 1. The molecular weight excluding hydrogens is 242 g/mol. The minimum Gasteiger partial charge on any atom is -0.468 e. The van der Waals surface area contributed by atoms with Crippen LogP contribution < -0.4 is 5.32 Å². The largest absolute Gasteiger partial charge is 0.468 e. The lowest BCUT2D eigenvalue weighted by atomic mass is 10.0. The van der Waals surface area contributed by atoms with Crippen LogP contribution in [-0.4, -0.2) is 75.2 Å². The number of carbonyl (C=O) groups is 1. The minimum absolute atomic E-state index is 0.194. The normalized spacial score (nSPS) is 14.7. The molecule has 5 heteroatoms. The Labute approximate surface area is 118 Å². The molecule has 0 rings (SSSR count). The van der Waals surface area contributed by atoms with Gasteiger partial charge < -0.3 is 15.0 Å². The summed E-state index contributed by atoms with van der Waals surface area (Å²) in [5, 5.41) is 3.26. The zero-order valence-corrected chi connectivity index (χ0v) is 13.5. The molecular formula is C14H31N3O2. The van der Waals surface area contributed by atoms with E-state index < -0.39 is 5.54 Å². The van der Waals surface area contributed by atoms with E-state index in [1.807, 2.05) is 13.8 Å². The van der Waals surface area contributed by atoms with Gasteiger partial charge >= 0.3 is 5.97 Å². The van der Waals surface area contributed by atoms with Crippen LogP contribution in [0.5, 0.6) is 0 Å². The molecule has 1 unspecified atom stereocenters. The number of hydrogen-bond acceptors (Lipinski definition) is 5. The smallest absolute Gasteiger partial charge is 0.327 e. The lowest BCUT2D eigenvalue weighted by molar-refractivity contribution is -0.148. The van der Waals surface area contributed by atoms with Crippen LogP contribution in [0.4, 0.5) is 0 Å². The van der Waals surface area contributed by atoms with E-state index in [0.717, 1.165) is 32.6 Å². The van der Waals surface area contributed by atoms with Crippen molar-refractivity contribution in [2.45, 2.75) is 32.7 Å². The highest BCUT2D eigenvalue weighted by molar-refractivity contribution is 5.80. The third kappa shape index (κ3) is 6.89. The van der Waals surface area contributed by atoms with Gasteiger partial charge in [-0.25, -0.2) is 0 Å². The van der Waals surface area contributed by atoms with E-state index in [1.165, 1.54) is 7.11 Å². The zero-order chi connectivity index (χ0) is 14.9. The Hall–Kier alpha value is -0.650. The van der Waals surface area contributed by atoms with Crippen LogP contribution in [0.1, 0.15) is 27.2 Å². The Kier molecular flexibility index (Phi) is 8.97. The molecule has 0 bridgehead atoms. The summed E-state index contributed by atoms with van der Waals surface area (Å²) in [5.74, 6) is -0.194. The number of rotatable bonds is 10. The first-order valence-electron chi connectivity index (χ1n) is 7.10. The predicted molar refractivity (Wildman–Crippen MR) is 79.4 cm³/mol. The average Bonchev–Trinajstić information content (AvgIpc) is 2.35. The van der Waals surface area contributed by atoms with Crippen molar-refractivity contribution in [1.29, 1.82) is 0 Å². The van der Waals surface area contributed by atoms with Gasteiger partial charge in [0.2, 0.25) is 0 Å². The molecule has 0 aromatic rings. The van der Waals surface area contributed by atoms with Crippen LogP contribution in [0.15, 0.2) is 0 Å². The molecule has 0 radical (unpaired) electrons. The van der Waals surface area contributed by atoms with E-state index in [1.54, 1.807) is 0 Å². The fraction of sp³-hybridized carbons (Fsp3) is 0.929. The van der Waals surface area contributed by atoms with E-state index in [9.17, 15) is 4.79 Å². The molecule has 0 heterocycles. The zero-order valence-electron chi connectivity index (χ0n) is 13.5. The third-order valence-corrected chi connectivity index (χ3v) is 3.15. The van der Waals surface area contributed by atoms with Gasteiger partial charge in [0.15, 0.2) is 0 Å². The number of esters is 1. The van der Waals surface area contributed by atoms with Gasteiger partial charge in [0, 0.05) is 19.6 Å². The lowest BCUT2D eigenvalue weighted by Crippen LogP contribution is -2.58. The second-order valence-electron chi connectivity index (χ2n) is 5.43. The van der Waals surface area contributed by atoms with Gasteiger partial charge in [0.05, 0.1) is 7.11 Å². The fourth-order valence-corrected chi connectivity index (χ4v) is 2.18. The maximum absolute atomic E-state index is 12.0. The van der Waals surface area contributed by atoms with Crippen molar-refractivity contribution in [3.63, 3.8) is 0 Å². The van der Waals surface area contributed by atoms with Crippen molar-refractivity contribution in [2.24, 2.45) is 0 Å². The van der Waals surface area contributed by atoms with Crippen LogP contribution in [0.25, 0.3) is 0 Å². The molecule has 0 amide bonds. The molecule has 114 valence electrons. The lowest BCUT2D eigenvalue weighted by Gasteiger charge is -2.34. The molecule has 19 heavy (non-hydrogen) atoms. The molecule has 1 N–H and O–H groups in total. The van der Waals surface area contributed by atoms with Crippen LogP contribution in [0, 0.1) is 0 Å². The Morgan fingerprint density at radius 3 is 2.26 bits per heavy atom. The third-order valence-electron chi connectivity index (χ3n) is 3.15. The Balaban J connectivity index is 4.68. The van der Waals surface area contributed by atoms with E-state index in [0.29, 0.717) is 6.54 Å². The highest BCUT2D eigenvalue weighted by Gasteiger charge is 2.35. The van der Waals surface area contributed by atoms with E-state index >= 15 is 0 Å². The van der Waals surface area contributed by atoms with E-state index in [4.69, 9.17) is 4.74 Å². The quantitative estimate of drug-likeness (QED) is 0.597. The molecule has 0 fully saturated rings. The first-order valence-corrected chi connectivity index (χ1v) is 7.10. The summed E-state index contributed by atoms with van der Waals surface area (Å²) in [6.45, 7) is 10.4. The Morgan fingerprint density at radius 2 is 1.84 bits per heavy atom. The maximum atomic E-state index is 12.0. The van der Waals surface area contributed by atoms with Crippen LogP contribution in [-0.2, 0) is 9.53 Å². The molecule has 0 aromatic carbocycles. The van der Waals surface area contributed by atoms with Crippen LogP contribution >= 0.6 is 0 Å². The topological polar surface area (TPSA) is 44.8 Å². The summed E-state index contributed by atoms with van der Waals surface area (Å²) >= 11 is 0. The first kappa shape index (κ1) is 18.4. The van der Waals surface area contributed by atoms with E-state index in [-0.39, 0.29) is 5.97 Å². The molecule has 0 saturated heterocycles.